The maximum atomic E-state index is 11.9. The van der Waals surface area contributed by atoms with Crippen molar-refractivity contribution >= 4 is 5.91 Å². The fourth-order valence-corrected chi connectivity index (χ4v) is 1.96. The van der Waals surface area contributed by atoms with Crippen LogP contribution in [0.2, 0.25) is 0 Å². The summed E-state index contributed by atoms with van der Waals surface area (Å²) in [7, 11) is 0. The molecule has 0 radical (unpaired) electrons. The molecule has 0 heterocycles. The van der Waals surface area contributed by atoms with Gasteiger partial charge in [0.05, 0.1) is 0 Å². The molecule has 0 aromatic carbocycles. The van der Waals surface area contributed by atoms with Crippen molar-refractivity contribution in [1.82, 2.24) is 4.90 Å². The first kappa shape index (κ1) is 13.5. The molecule has 0 aromatic heterocycles. The molecule has 0 bridgehead atoms. The Kier molecular flexibility index (Phi) is 6.42. The fraction of sp³-hybridized carbons (Fsp3) is 0.917. The van der Waals surface area contributed by atoms with Gasteiger partial charge in [-0.2, -0.15) is 0 Å². The van der Waals surface area contributed by atoms with E-state index < -0.39 is 0 Å². The third kappa shape index (κ3) is 4.10. The first-order chi connectivity index (χ1) is 7.79. The minimum absolute atomic E-state index is 0.245. The Morgan fingerprint density at radius 3 is 2.75 bits per heavy atom. The van der Waals surface area contributed by atoms with Crippen molar-refractivity contribution in [2.45, 2.75) is 45.1 Å². The molecular weight excluding hydrogens is 204 g/mol. The predicted molar refractivity (Wildman–Crippen MR) is 64.1 cm³/mol. The Balaban J connectivity index is 2.23. The molecule has 94 valence electrons. The summed E-state index contributed by atoms with van der Waals surface area (Å²) in [4.78, 5) is 13.9. The molecule has 4 heteroatoms. The molecule has 2 N–H and O–H groups in total. The van der Waals surface area contributed by atoms with E-state index in [9.17, 15) is 4.79 Å². The number of ether oxygens (including phenoxy) is 1. The third-order valence-electron chi connectivity index (χ3n) is 3.09. The number of carbonyl (C=O) groups is 1. The second-order valence-electron chi connectivity index (χ2n) is 4.26. The van der Waals surface area contributed by atoms with Crippen molar-refractivity contribution in [2.75, 3.05) is 26.3 Å². The van der Waals surface area contributed by atoms with E-state index in [1.165, 1.54) is 6.42 Å². The number of nitrogens with zero attached hydrogens (tertiary/aromatic N) is 1. The topological polar surface area (TPSA) is 55.6 Å². The molecule has 1 rings (SSSR count). The minimum Gasteiger partial charge on any atom is -0.382 e. The lowest BCUT2D eigenvalue weighted by molar-refractivity contribution is -0.135. The monoisotopic (exact) mass is 228 g/mol. The number of rotatable bonds is 8. The zero-order chi connectivity index (χ0) is 11.8. The van der Waals surface area contributed by atoms with E-state index in [1.54, 1.807) is 0 Å². The van der Waals surface area contributed by atoms with Crippen LogP contribution in [0.3, 0.4) is 0 Å². The number of carbonyl (C=O) groups excluding carboxylic acids is 1. The van der Waals surface area contributed by atoms with Crippen LogP contribution in [0.5, 0.6) is 0 Å². The SMILES string of the molecule is CCOCCCC(=O)N(CCN)C1CCC1. The van der Waals surface area contributed by atoms with Gasteiger partial charge >= 0.3 is 0 Å². The third-order valence-corrected chi connectivity index (χ3v) is 3.09. The molecule has 0 aliphatic heterocycles. The van der Waals surface area contributed by atoms with Gasteiger partial charge in [-0.05, 0) is 32.6 Å². The number of hydrogen-bond donors (Lipinski definition) is 1. The maximum Gasteiger partial charge on any atom is 0.222 e. The summed E-state index contributed by atoms with van der Waals surface area (Å²) in [5.41, 5.74) is 5.54. The van der Waals surface area contributed by atoms with Crippen LogP contribution >= 0.6 is 0 Å². The highest BCUT2D eigenvalue weighted by Gasteiger charge is 2.27. The van der Waals surface area contributed by atoms with E-state index in [4.69, 9.17) is 10.5 Å². The van der Waals surface area contributed by atoms with Crippen LogP contribution in [-0.2, 0) is 9.53 Å². The zero-order valence-corrected chi connectivity index (χ0v) is 10.3. The van der Waals surface area contributed by atoms with Crippen LogP contribution < -0.4 is 5.73 Å². The van der Waals surface area contributed by atoms with Gasteiger partial charge in [0.1, 0.15) is 0 Å². The van der Waals surface area contributed by atoms with Gasteiger partial charge in [0.25, 0.3) is 0 Å². The molecule has 0 aromatic rings. The molecule has 1 saturated carbocycles. The van der Waals surface area contributed by atoms with Gasteiger partial charge in [0.2, 0.25) is 5.91 Å². The van der Waals surface area contributed by atoms with E-state index >= 15 is 0 Å². The van der Waals surface area contributed by atoms with E-state index in [0.29, 0.717) is 32.2 Å². The lowest BCUT2D eigenvalue weighted by Crippen LogP contribution is -2.46. The molecule has 1 aliphatic carbocycles. The van der Waals surface area contributed by atoms with Gasteiger partial charge in [0.15, 0.2) is 0 Å². The van der Waals surface area contributed by atoms with E-state index in [0.717, 1.165) is 25.9 Å². The van der Waals surface area contributed by atoms with Crippen LogP contribution in [0.1, 0.15) is 39.0 Å². The van der Waals surface area contributed by atoms with Crippen molar-refractivity contribution < 1.29 is 9.53 Å². The molecule has 1 fully saturated rings. The Hall–Kier alpha value is -0.610. The highest BCUT2D eigenvalue weighted by molar-refractivity contribution is 5.76. The molecule has 0 atom stereocenters. The van der Waals surface area contributed by atoms with E-state index in [1.807, 2.05) is 11.8 Å². The van der Waals surface area contributed by atoms with Gasteiger partial charge in [-0.15, -0.1) is 0 Å². The lowest BCUT2D eigenvalue weighted by Gasteiger charge is -2.37. The molecule has 0 spiro atoms. The van der Waals surface area contributed by atoms with Crippen molar-refractivity contribution in [3.05, 3.63) is 0 Å². The molecular formula is C12H24N2O2. The molecule has 4 nitrogen and oxygen atoms in total. The average Bonchev–Trinajstić information content (AvgIpc) is 2.21. The summed E-state index contributed by atoms with van der Waals surface area (Å²) in [5, 5.41) is 0. The summed E-state index contributed by atoms with van der Waals surface area (Å²) in [6.45, 7) is 4.65. The largest absolute Gasteiger partial charge is 0.382 e. The Bertz CT molecular complexity index is 205. The summed E-state index contributed by atoms with van der Waals surface area (Å²) >= 11 is 0. The molecule has 0 saturated heterocycles. The number of amides is 1. The van der Waals surface area contributed by atoms with Crippen molar-refractivity contribution in [3.8, 4) is 0 Å². The van der Waals surface area contributed by atoms with Crippen LogP contribution in [0, 0.1) is 0 Å². The summed E-state index contributed by atoms with van der Waals surface area (Å²) < 4.78 is 5.23. The maximum absolute atomic E-state index is 11.9. The second kappa shape index (κ2) is 7.63. The quantitative estimate of drug-likeness (QED) is 0.634. The van der Waals surface area contributed by atoms with Gasteiger partial charge in [-0.1, -0.05) is 0 Å². The highest BCUT2D eigenvalue weighted by Crippen LogP contribution is 2.25. The molecule has 0 unspecified atom stereocenters. The Morgan fingerprint density at radius 2 is 2.25 bits per heavy atom. The lowest BCUT2D eigenvalue weighted by atomic mass is 9.91. The van der Waals surface area contributed by atoms with Gasteiger partial charge < -0.3 is 15.4 Å². The average molecular weight is 228 g/mol. The van der Waals surface area contributed by atoms with Gasteiger partial charge in [-0.3, -0.25) is 4.79 Å². The van der Waals surface area contributed by atoms with Crippen molar-refractivity contribution in [2.24, 2.45) is 5.73 Å². The molecule has 16 heavy (non-hydrogen) atoms. The molecule has 1 aliphatic rings. The standard InChI is InChI=1S/C12H24N2O2/c1-2-16-10-4-7-12(15)14(9-8-13)11-5-3-6-11/h11H,2-10,13H2,1H3. The smallest absolute Gasteiger partial charge is 0.222 e. The summed E-state index contributed by atoms with van der Waals surface area (Å²) in [5.74, 6) is 0.245. The fourth-order valence-electron chi connectivity index (χ4n) is 1.96. The van der Waals surface area contributed by atoms with Crippen LogP contribution in [0.15, 0.2) is 0 Å². The molecule has 1 amide bonds. The normalized spacial score (nSPS) is 15.9. The number of nitrogens with two attached hydrogens (primary N) is 1. The predicted octanol–water partition coefficient (Wildman–Crippen LogP) is 1.14. The summed E-state index contributed by atoms with van der Waals surface area (Å²) in [6.07, 6.45) is 4.96. The van der Waals surface area contributed by atoms with E-state index in [2.05, 4.69) is 0 Å². The van der Waals surface area contributed by atoms with Gasteiger partial charge in [0, 0.05) is 38.8 Å². The van der Waals surface area contributed by atoms with Crippen LogP contribution in [0.25, 0.3) is 0 Å². The first-order valence-electron chi connectivity index (χ1n) is 6.36. The number of hydrogen-bond acceptors (Lipinski definition) is 3. The minimum atomic E-state index is 0.245. The van der Waals surface area contributed by atoms with E-state index in [-0.39, 0.29) is 5.91 Å². The van der Waals surface area contributed by atoms with Crippen molar-refractivity contribution in [3.63, 3.8) is 0 Å². The zero-order valence-electron chi connectivity index (χ0n) is 10.3. The van der Waals surface area contributed by atoms with Gasteiger partial charge in [-0.25, -0.2) is 0 Å². The van der Waals surface area contributed by atoms with Crippen LogP contribution in [0.4, 0.5) is 0 Å². The highest BCUT2D eigenvalue weighted by atomic mass is 16.5. The van der Waals surface area contributed by atoms with Crippen LogP contribution in [-0.4, -0.2) is 43.2 Å². The first-order valence-corrected chi connectivity index (χ1v) is 6.36. The Labute approximate surface area is 98.1 Å². The second-order valence-corrected chi connectivity index (χ2v) is 4.26. The summed E-state index contributed by atoms with van der Waals surface area (Å²) in [6, 6.07) is 0.461. The Morgan fingerprint density at radius 1 is 1.50 bits per heavy atom. The van der Waals surface area contributed by atoms with Crippen molar-refractivity contribution in [1.29, 1.82) is 0 Å².